The van der Waals surface area contributed by atoms with Gasteiger partial charge in [0.1, 0.15) is 11.4 Å². The molecule has 8 aliphatic carbocycles. The molecule has 0 radical (unpaired) electrons. The van der Waals surface area contributed by atoms with Gasteiger partial charge in [-0.3, -0.25) is 0 Å². The molecule has 1 aromatic rings. The summed E-state index contributed by atoms with van der Waals surface area (Å²) in [5.41, 5.74) is 0.583. The SMILES string of the molecule is CCOc1ccccc1C(O)(C12CC3CC(CC(C3)C1)C2)C12CC3CC(CC(C3)C1)C2. The van der Waals surface area contributed by atoms with Crippen LogP contribution in [0.15, 0.2) is 24.3 Å². The number of para-hydroxylation sites is 1. The molecule has 0 heterocycles. The van der Waals surface area contributed by atoms with E-state index in [0.717, 1.165) is 41.3 Å². The van der Waals surface area contributed by atoms with Crippen molar-refractivity contribution in [3.05, 3.63) is 29.8 Å². The van der Waals surface area contributed by atoms with E-state index in [4.69, 9.17) is 4.74 Å². The molecule has 9 rings (SSSR count). The number of rotatable bonds is 5. The van der Waals surface area contributed by atoms with Crippen molar-refractivity contribution >= 4 is 0 Å². The lowest BCUT2D eigenvalue weighted by molar-refractivity contribution is -0.278. The molecule has 0 aliphatic heterocycles. The van der Waals surface area contributed by atoms with E-state index in [1.165, 1.54) is 82.6 Å². The van der Waals surface area contributed by atoms with Gasteiger partial charge in [-0.15, -0.1) is 0 Å². The van der Waals surface area contributed by atoms with Crippen molar-refractivity contribution < 1.29 is 9.84 Å². The van der Waals surface area contributed by atoms with Crippen LogP contribution in [-0.4, -0.2) is 11.7 Å². The Labute approximate surface area is 188 Å². The minimum Gasteiger partial charge on any atom is -0.493 e. The van der Waals surface area contributed by atoms with Gasteiger partial charge >= 0.3 is 0 Å². The van der Waals surface area contributed by atoms with Gasteiger partial charge in [-0.25, -0.2) is 0 Å². The fourth-order valence-electron chi connectivity index (χ4n) is 11.3. The summed E-state index contributed by atoms with van der Waals surface area (Å²) < 4.78 is 6.25. The third kappa shape index (κ3) is 2.55. The van der Waals surface area contributed by atoms with Crippen LogP contribution in [0.5, 0.6) is 5.75 Å². The second kappa shape index (κ2) is 6.52. The average Bonchev–Trinajstić information content (AvgIpc) is 2.72. The van der Waals surface area contributed by atoms with Gasteiger partial charge in [0.2, 0.25) is 0 Å². The smallest absolute Gasteiger partial charge is 0.125 e. The Balaban J connectivity index is 1.44. The summed E-state index contributed by atoms with van der Waals surface area (Å²) in [5.74, 6) is 6.09. The second-order valence-electron chi connectivity index (χ2n) is 13.0. The van der Waals surface area contributed by atoms with Crippen molar-refractivity contribution in [2.24, 2.45) is 46.3 Å². The fraction of sp³-hybridized carbons (Fsp3) is 0.793. The van der Waals surface area contributed by atoms with E-state index in [-0.39, 0.29) is 10.8 Å². The molecular weight excluding hydrogens is 380 g/mol. The van der Waals surface area contributed by atoms with Crippen molar-refractivity contribution in [3.63, 3.8) is 0 Å². The van der Waals surface area contributed by atoms with E-state index < -0.39 is 5.60 Å². The number of aliphatic hydroxyl groups is 1. The molecule has 2 nitrogen and oxygen atoms in total. The Kier molecular flexibility index (Phi) is 4.09. The Bertz CT molecular complexity index is 755. The summed E-state index contributed by atoms with van der Waals surface area (Å²) in [6, 6.07) is 8.69. The highest BCUT2D eigenvalue weighted by atomic mass is 16.5. The highest BCUT2D eigenvalue weighted by Gasteiger charge is 2.70. The topological polar surface area (TPSA) is 29.5 Å². The van der Waals surface area contributed by atoms with Crippen LogP contribution >= 0.6 is 0 Å². The summed E-state index contributed by atoms with van der Waals surface area (Å²) in [6.45, 7) is 2.76. The molecule has 0 atom stereocenters. The first kappa shape index (κ1) is 19.4. The minimum atomic E-state index is -0.724. The van der Waals surface area contributed by atoms with Crippen LogP contribution in [0.3, 0.4) is 0 Å². The van der Waals surface area contributed by atoms with Crippen LogP contribution in [0.25, 0.3) is 0 Å². The summed E-state index contributed by atoms with van der Waals surface area (Å²) in [6.07, 6.45) is 16.2. The van der Waals surface area contributed by atoms with Crippen LogP contribution in [0.4, 0.5) is 0 Å². The molecule has 0 saturated heterocycles. The highest BCUT2D eigenvalue weighted by molar-refractivity contribution is 5.43. The van der Waals surface area contributed by atoms with Gasteiger partial charge in [-0.05, 0) is 126 Å². The first-order valence-electron chi connectivity index (χ1n) is 13.5. The third-order valence-corrected chi connectivity index (χ3v) is 11.2. The largest absolute Gasteiger partial charge is 0.493 e. The van der Waals surface area contributed by atoms with E-state index in [1.54, 1.807) is 0 Å². The number of hydrogen-bond donors (Lipinski definition) is 1. The van der Waals surface area contributed by atoms with E-state index in [0.29, 0.717) is 6.61 Å². The van der Waals surface area contributed by atoms with E-state index in [9.17, 15) is 5.11 Å². The molecule has 0 unspecified atom stereocenters. The maximum Gasteiger partial charge on any atom is 0.125 e. The molecule has 1 N–H and O–H groups in total. The maximum atomic E-state index is 13.5. The van der Waals surface area contributed by atoms with Gasteiger partial charge in [0.25, 0.3) is 0 Å². The molecule has 8 bridgehead atoms. The molecule has 8 fully saturated rings. The maximum absolute atomic E-state index is 13.5. The van der Waals surface area contributed by atoms with Crippen molar-refractivity contribution in [2.75, 3.05) is 6.61 Å². The fourth-order valence-corrected chi connectivity index (χ4v) is 11.3. The third-order valence-electron chi connectivity index (χ3n) is 11.2. The quantitative estimate of drug-likeness (QED) is 0.574. The van der Waals surface area contributed by atoms with Crippen LogP contribution in [0, 0.1) is 46.3 Å². The van der Waals surface area contributed by atoms with E-state index in [2.05, 4.69) is 31.2 Å². The zero-order chi connectivity index (χ0) is 20.8. The molecule has 168 valence electrons. The standard InChI is InChI=1S/C29H40O2/c1-2-31-26-6-4-3-5-25(26)29(30,27-13-19-7-20(14-27)9-21(8-19)15-27)28-16-22-10-23(17-28)12-24(11-22)18-28/h3-6,19-24,30H,2,7-18H2,1H3. The Morgan fingerprint density at radius 1 is 0.742 bits per heavy atom. The summed E-state index contributed by atoms with van der Waals surface area (Å²) in [7, 11) is 0. The van der Waals surface area contributed by atoms with Crippen LogP contribution < -0.4 is 4.74 Å². The lowest BCUT2D eigenvalue weighted by Gasteiger charge is -2.70. The zero-order valence-electron chi connectivity index (χ0n) is 19.3. The van der Waals surface area contributed by atoms with Crippen LogP contribution in [0.2, 0.25) is 0 Å². The Hall–Kier alpha value is -1.02. The van der Waals surface area contributed by atoms with Gasteiger partial charge in [0, 0.05) is 16.4 Å². The van der Waals surface area contributed by atoms with Crippen LogP contribution in [-0.2, 0) is 5.60 Å². The molecule has 8 saturated carbocycles. The predicted molar refractivity (Wildman–Crippen MR) is 123 cm³/mol. The first-order chi connectivity index (χ1) is 15.0. The first-order valence-corrected chi connectivity index (χ1v) is 13.5. The molecule has 0 aromatic heterocycles. The van der Waals surface area contributed by atoms with Crippen molar-refractivity contribution in [1.29, 1.82) is 0 Å². The van der Waals surface area contributed by atoms with Crippen molar-refractivity contribution in [2.45, 2.75) is 89.6 Å². The van der Waals surface area contributed by atoms with Crippen molar-refractivity contribution in [3.8, 4) is 5.75 Å². The monoisotopic (exact) mass is 420 g/mol. The highest BCUT2D eigenvalue weighted by Crippen LogP contribution is 2.75. The van der Waals surface area contributed by atoms with E-state index >= 15 is 0 Å². The molecular formula is C29H40O2. The summed E-state index contributed by atoms with van der Waals surface area (Å²) in [5, 5.41) is 13.5. The average molecular weight is 421 g/mol. The summed E-state index contributed by atoms with van der Waals surface area (Å²) in [4.78, 5) is 0. The lowest BCUT2D eigenvalue weighted by atomic mass is 9.35. The van der Waals surface area contributed by atoms with Crippen molar-refractivity contribution in [1.82, 2.24) is 0 Å². The molecule has 31 heavy (non-hydrogen) atoms. The molecule has 8 aliphatic rings. The number of benzene rings is 1. The van der Waals surface area contributed by atoms with Gasteiger partial charge in [0.15, 0.2) is 0 Å². The second-order valence-corrected chi connectivity index (χ2v) is 13.0. The summed E-state index contributed by atoms with van der Waals surface area (Å²) >= 11 is 0. The lowest BCUT2D eigenvalue weighted by Crippen LogP contribution is -2.67. The zero-order valence-corrected chi connectivity index (χ0v) is 19.3. The number of hydrogen-bond acceptors (Lipinski definition) is 2. The van der Waals surface area contributed by atoms with Gasteiger partial charge in [-0.1, -0.05) is 18.2 Å². The van der Waals surface area contributed by atoms with E-state index in [1.807, 2.05) is 0 Å². The minimum absolute atomic E-state index is 0.0701. The molecule has 0 amide bonds. The van der Waals surface area contributed by atoms with Gasteiger partial charge in [0.05, 0.1) is 6.61 Å². The molecule has 1 aromatic carbocycles. The van der Waals surface area contributed by atoms with Gasteiger partial charge in [-0.2, -0.15) is 0 Å². The van der Waals surface area contributed by atoms with Crippen LogP contribution in [0.1, 0.15) is 89.5 Å². The predicted octanol–water partition coefficient (Wildman–Crippen LogP) is 6.71. The molecule has 0 spiro atoms. The Morgan fingerprint density at radius 3 is 1.52 bits per heavy atom. The molecule has 2 heteroatoms. The van der Waals surface area contributed by atoms with Gasteiger partial charge < -0.3 is 9.84 Å². The normalized spacial score (nSPS) is 48.7. The Morgan fingerprint density at radius 2 is 1.13 bits per heavy atom. The number of ether oxygens (including phenoxy) is 1.